The molecule has 0 bridgehead atoms. The normalized spacial score (nSPS) is 19.9. The summed E-state index contributed by atoms with van der Waals surface area (Å²) in [6, 6.07) is 17.6. The average molecular weight is 369 g/mol. The van der Waals surface area contributed by atoms with Gasteiger partial charge in [-0.05, 0) is 36.6 Å². The molecule has 0 radical (unpaired) electrons. The van der Waals surface area contributed by atoms with Crippen LogP contribution in [-0.2, 0) is 0 Å². The Morgan fingerprint density at radius 1 is 1.04 bits per heavy atom. The lowest BCUT2D eigenvalue weighted by Crippen LogP contribution is -2.28. The van der Waals surface area contributed by atoms with E-state index in [0.29, 0.717) is 0 Å². The van der Waals surface area contributed by atoms with E-state index in [9.17, 15) is 0 Å². The molecule has 1 aromatic heterocycles. The molecule has 116 valence electrons. The van der Waals surface area contributed by atoms with Gasteiger partial charge in [-0.2, -0.15) is 10.1 Å². The minimum Gasteiger partial charge on any atom is -0.348 e. The van der Waals surface area contributed by atoms with Crippen molar-refractivity contribution in [3.05, 3.63) is 76.0 Å². The van der Waals surface area contributed by atoms with E-state index in [2.05, 4.69) is 86.8 Å². The number of nitrogens with zero attached hydrogens (tertiary/aromatic N) is 3. The fourth-order valence-corrected chi connectivity index (χ4v) is 3.36. The summed E-state index contributed by atoms with van der Waals surface area (Å²) < 4.78 is 3.07. The van der Waals surface area contributed by atoms with Crippen LogP contribution in [0.1, 0.15) is 35.2 Å². The van der Waals surface area contributed by atoms with Crippen LogP contribution in [0.2, 0.25) is 0 Å². The Bertz CT molecular complexity index is 808. The fraction of sp³-hybridized carbons (Fsp3) is 0.222. The van der Waals surface area contributed by atoms with E-state index < -0.39 is 0 Å². The van der Waals surface area contributed by atoms with Gasteiger partial charge < -0.3 is 5.32 Å². The van der Waals surface area contributed by atoms with Crippen molar-refractivity contribution in [3.8, 4) is 0 Å². The van der Waals surface area contributed by atoms with Crippen LogP contribution < -0.4 is 5.32 Å². The topological polar surface area (TPSA) is 42.7 Å². The summed E-state index contributed by atoms with van der Waals surface area (Å²) in [6.07, 6.45) is 2.56. The van der Waals surface area contributed by atoms with Crippen molar-refractivity contribution in [3.63, 3.8) is 0 Å². The first-order valence-electron chi connectivity index (χ1n) is 7.69. The Labute approximate surface area is 143 Å². The van der Waals surface area contributed by atoms with Gasteiger partial charge in [-0.25, -0.2) is 4.68 Å². The molecule has 0 spiro atoms. The van der Waals surface area contributed by atoms with Gasteiger partial charge in [0.15, 0.2) is 0 Å². The number of hydrogen-bond donors (Lipinski definition) is 1. The van der Waals surface area contributed by atoms with Crippen LogP contribution in [0, 0.1) is 6.92 Å². The third-order valence-corrected chi connectivity index (χ3v) is 4.89. The number of halogens is 1. The Morgan fingerprint density at radius 2 is 1.74 bits per heavy atom. The van der Waals surface area contributed by atoms with Gasteiger partial charge in [0, 0.05) is 4.47 Å². The number of hydrogen-bond acceptors (Lipinski definition) is 3. The molecule has 1 N–H and O–H groups in total. The maximum absolute atomic E-state index is 4.41. The van der Waals surface area contributed by atoms with Crippen molar-refractivity contribution in [2.45, 2.75) is 25.4 Å². The second-order valence-corrected chi connectivity index (χ2v) is 6.85. The predicted octanol–water partition coefficient (Wildman–Crippen LogP) is 4.50. The first-order valence-corrected chi connectivity index (χ1v) is 8.48. The molecule has 2 atom stereocenters. The van der Waals surface area contributed by atoms with Crippen LogP contribution in [0.15, 0.2) is 59.3 Å². The minimum atomic E-state index is 0.188. The van der Waals surface area contributed by atoms with E-state index in [1.54, 1.807) is 6.33 Å². The van der Waals surface area contributed by atoms with Gasteiger partial charge in [-0.15, -0.1) is 0 Å². The van der Waals surface area contributed by atoms with Gasteiger partial charge in [0.25, 0.3) is 0 Å². The number of rotatable bonds is 2. The van der Waals surface area contributed by atoms with Gasteiger partial charge in [-0.1, -0.05) is 57.9 Å². The van der Waals surface area contributed by atoms with E-state index in [1.165, 1.54) is 16.7 Å². The molecule has 2 aromatic carbocycles. The van der Waals surface area contributed by atoms with E-state index in [-0.39, 0.29) is 12.1 Å². The zero-order valence-corrected chi connectivity index (χ0v) is 14.4. The minimum absolute atomic E-state index is 0.188. The Kier molecular flexibility index (Phi) is 3.65. The van der Waals surface area contributed by atoms with Crippen LogP contribution in [0.3, 0.4) is 0 Å². The Balaban J connectivity index is 1.71. The van der Waals surface area contributed by atoms with Crippen molar-refractivity contribution in [1.82, 2.24) is 14.8 Å². The molecule has 1 aliphatic heterocycles. The first-order chi connectivity index (χ1) is 11.2. The lowest BCUT2D eigenvalue weighted by molar-refractivity contribution is 0.431. The van der Waals surface area contributed by atoms with Crippen molar-refractivity contribution < 1.29 is 0 Å². The lowest BCUT2D eigenvalue weighted by atomic mass is 9.93. The van der Waals surface area contributed by atoms with Gasteiger partial charge >= 0.3 is 0 Å². The average Bonchev–Trinajstić information content (AvgIpc) is 3.04. The van der Waals surface area contributed by atoms with Crippen molar-refractivity contribution >= 4 is 21.9 Å². The van der Waals surface area contributed by atoms with Crippen molar-refractivity contribution in [2.75, 3.05) is 5.32 Å². The number of aryl methyl sites for hydroxylation is 1. The quantitative estimate of drug-likeness (QED) is 0.724. The lowest BCUT2D eigenvalue weighted by Gasteiger charge is -2.32. The summed E-state index contributed by atoms with van der Waals surface area (Å²) >= 11 is 3.50. The summed E-state index contributed by atoms with van der Waals surface area (Å²) in [4.78, 5) is 4.37. The molecule has 4 nitrogen and oxygen atoms in total. The second-order valence-electron chi connectivity index (χ2n) is 5.94. The van der Waals surface area contributed by atoms with Gasteiger partial charge in [0.1, 0.15) is 6.33 Å². The monoisotopic (exact) mass is 368 g/mol. The molecule has 2 heterocycles. The molecule has 23 heavy (non-hydrogen) atoms. The SMILES string of the molecule is Cc1ccc([C@H]2C[C@@H](c3ccc(Br)cc3)n3ncnc3N2)cc1. The van der Waals surface area contributed by atoms with Crippen molar-refractivity contribution in [1.29, 1.82) is 0 Å². The standard InChI is InChI=1S/C18H17BrN4/c1-12-2-4-13(5-3-12)16-10-17(14-6-8-15(19)9-7-14)23-18(22-16)20-11-21-23/h2-9,11,16-17H,10H2,1H3,(H,20,21,22)/t16-,17+/m1/s1. The smallest absolute Gasteiger partial charge is 0.222 e. The van der Waals surface area contributed by atoms with E-state index in [1.807, 2.05) is 4.68 Å². The van der Waals surface area contributed by atoms with E-state index in [4.69, 9.17) is 0 Å². The molecule has 4 rings (SSSR count). The zero-order chi connectivity index (χ0) is 15.8. The maximum Gasteiger partial charge on any atom is 0.222 e. The summed E-state index contributed by atoms with van der Waals surface area (Å²) in [5.41, 5.74) is 3.81. The highest BCUT2D eigenvalue weighted by Crippen LogP contribution is 2.37. The zero-order valence-electron chi connectivity index (χ0n) is 12.8. The summed E-state index contributed by atoms with van der Waals surface area (Å²) in [7, 11) is 0. The first kappa shape index (κ1) is 14.5. The molecular formula is C18H17BrN4. The molecule has 1 aliphatic rings. The fourth-order valence-electron chi connectivity index (χ4n) is 3.10. The number of fused-ring (bicyclic) bond motifs is 1. The van der Waals surface area contributed by atoms with Crippen molar-refractivity contribution in [2.24, 2.45) is 0 Å². The van der Waals surface area contributed by atoms with Gasteiger partial charge in [0.2, 0.25) is 5.95 Å². The van der Waals surface area contributed by atoms with Gasteiger partial charge in [-0.3, -0.25) is 0 Å². The third-order valence-electron chi connectivity index (χ3n) is 4.37. The third kappa shape index (κ3) is 2.77. The molecular weight excluding hydrogens is 352 g/mol. The predicted molar refractivity (Wildman–Crippen MR) is 94.5 cm³/mol. The molecule has 0 amide bonds. The van der Waals surface area contributed by atoms with E-state index >= 15 is 0 Å². The maximum atomic E-state index is 4.41. The number of benzene rings is 2. The summed E-state index contributed by atoms with van der Waals surface area (Å²) in [6.45, 7) is 2.11. The molecule has 0 aliphatic carbocycles. The van der Waals surface area contributed by atoms with Crippen LogP contribution in [-0.4, -0.2) is 14.8 Å². The molecule has 3 aromatic rings. The number of nitrogens with one attached hydrogen (secondary N) is 1. The summed E-state index contributed by atoms with van der Waals surface area (Å²) in [5, 5.41) is 7.91. The van der Waals surface area contributed by atoms with Crippen LogP contribution in [0.4, 0.5) is 5.95 Å². The second kappa shape index (κ2) is 5.81. The number of aromatic nitrogens is 3. The highest BCUT2D eigenvalue weighted by molar-refractivity contribution is 9.10. The summed E-state index contributed by atoms with van der Waals surface area (Å²) in [5.74, 6) is 0.828. The number of anilines is 1. The molecule has 0 unspecified atom stereocenters. The Hall–Kier alpha value is -2.14. The highest BCUT2D eigenvalue weighted by Gasteiger charge is 2.29. The van der Waals surface area contributed by atoms with E-state index in [0.717, 1.165) is 16.8 Å². The largest absolute Gasteiger partial charge is 0.348 e. The van der Waals surface area contributed by atoms with Gasteiger partial charge in [0.05, 0.1) is 12.1 Å². The molecule has 0 saturated heterocycles. The Morgan fingerprint density at radius 3 is 2.48 bits per heavy atom. The molecule has 0 fully saturated rings. The van der Waals surface area contributed by atoms with Crippen LogP contribution in [0.25, 0.3) is 0 Å². The molecule has 0 saturated carbocycles. The van der Waals surface area contributed by atoms with Crippen LogP contribution in [0.5, 0.6) is 0 Å². The van der Waals surface area contributed by atoms with Crippen LogP contribution >= 0.6 is 15.9 Å². The highest BCUT2D eigenvalue weighted by atomic mass is 79.9. The molecule has 5 heteroatoms.